The zero-order valence-electron chi connectivity index (χ0n) is 65.5. The first-order valence-electron chi connectivity index (χ1n) is 42.1. The van der Waals surface area contributed by atoms with E-state index in [1.807, 2.05) is 0 Å². The van der Waals surface area contributed by atoms with E-state index < -0.39 is 97.5 Å². The predicted octanol–water partition coefficient (Wildman–Crippen LogP) is 24.3. The number of carbonyl (C=O) groups is 4. The lowest BCUT2D eigenvalue weighted by molar-refractivity contribution is -0.161. The summed E-state index contributed by atoms with van der Waals surface area (Å²) in [6.45, 7) is 9.75. The van der Waals surface area contributed by atoms with Crippen LogP contribution in [0.4, 0.5) is 0 Å². The molecule has 0 heterocycles. The molecule has 4 unspecified atom stereocenters. The molecule has 0 aromatic heterocycles. The van der Waals surface area contributed by atoms with Crippen molar-refractivity contribution in [2.45, 2.75) is 445 Å². The number of aliphatic hydroxyl groups excluding tert-OH is 1. The molecule has 0 fully saturated rings. The average molecular weight is 1470 g/mol. The predicted molar refractivity (Wildman–Crippen MR) is 409 cm³/mol. The lowest BCUT2D eigenvalue weighted by Gasteiger charge is -2.21. The summed E-state index contributed by atoms with van der Waals surface area (Å²) in [6, 6.07) is 0. The monoisotopic (exact) mass is 1470 g/mol. The first kappa shape index (κ1) is 98.1. The quantitative estimate of drug-likeness (QED) is 0.0222. The molecule has 3 N–H and O–H groups in total. The Kier molecular flexibility index (Phi) is 71.2. The number of esters is 4. The molecule has 0 rings (SSSR count). The van der Waals surface area contributed by atoms with Gasteiger partial charge in [0.05, 0.1) is 26.4 Å². The highest BCUT2D eigenvalue weighted by atomic mass is 31.2. The fourth-order valence-corrected chi connectivity index (χ4v) is 14.1. The second-order valence-electron chi connectivity index (χ2n) is 29.6. The van der Waals surface area contributed by atoms with Crippen LogP contribution in [-0.2, 0) is 65.4 Å². The van der Waals surface area contributed by atoms with Gasteiger partial charge in [-0.05, 0) is 37.5 Å². The van der Waals surface area contributed by atoms with Gasteiger partial charge in [0.2, 0.25) is 0 Å². The molecule has 0 amide bonds. The molecule has 0 spiro atoms. The van der Waals surface area contributed by atoms with Gasteiger partial charge in [-0.15, -0.1) is 0 Å². The van der Waals surface area contributed by atoms with Gasteiger partial charge < -0.3 is 33.8 Å². The molecule has 0 radical (unpaired) electrons. The number of hydrogen-bond donors (Lipinski definition) is 3. The van der Waals surface area contributed by atoms with E-state index in [0.29, 0.717) is 25.7 Å². The van der Waals surface area contributed by atoms with Crippen LogP contribution in [0.5, 0.6) is 0 Å². The van der Waals surface area contributed by atoms with Crippen molar-refractivity contribution in [2.75, 3.05) is 39.6 Å². The van der Waals surface area contributed by atoms with Crippen molar-refractivity contribution in [1.29, 1.82) is 0 Å². The lowest BCUT2D eigenvalue weighted by atomic mass is 9.99. The van der Waals surface area contributed by atoms with Gasteiger partial charge in [0, 0.05) is 25.7 Å². The summed E-state index contributed by atoms with van der Waals surface area (Å²) in [5.41, 5.74) is 0. The molecule has 17 nitrogen and oxygen atoms in total. The SMILES string of the molecule is CCCCCCCCCCCCCCC(=O)OC[C@H](COP(=O)(O)OC[C@H](O)COP(=O)(O)OC[C@@H](COC(=O)CCCCCCCCCCCCCCCCC(C)CC)OC(=O)CCCCCCCCCCCCCCCCC(C)CC)OC(=O)CCCCCCCCCCCCCC. The van der Waals surface area contributed by atoms with Crippen LogP contribution in [0.2, 0.25) is 0 Å². The third-order valence-electron chi connectivity index (χ3n) is 19.7. The maximum absolute atomic E-state index is 13.1. The Labute approximate surface area is 613 Å². The van der Waals surface area contributed by atoms with Gasteiger partial charge in [-0.3, -0.25) is 37.3 Å². The van der Waals surface area contributed by atoms with Crippen molar-refractivity contribution in [3.63, 3.8) is 0 Å². The zero-order valence-corrected chi connectivity index (χ0v) is 67.3. The highest BCUT2D eigenvalue weighted by Crippen LogP contribution is 2.45. The van der Waals surface area contributed by atoms with Crippen LogP contribution < -0.4 is 0 Å². The van der Waals surface area contributed by atoms with Crippen molar-refractivity contribution in [2.24, 2.45) is 11.8 Å². The van der Waals surface area contributed by atoms with Crippen molar-refractivity contribution in [3.8, 4) is 0 Å². The first-order chi connectivity index (χ1) is 48.4. The largest absolute Gasteiger partial charge is 0.472 e. The molecule has 0 aliphatic heterocycles. The Balaban J connectivity index is 5.25. The topological polar surface area (TPSA) is 237 Å². The summed E-state index contributed by atoms with van der Waals surface area (Å²) < 4.78 is 68.7. The summed E-state index contributed by atoms with van der Waals surface area (Å²) >= 11 is 0. The molecule has 0 aliphatic carbocycles. The Morgan fingerprint density at radius 1 is 0.280 bits per heavy atom. The Hall–Kier alpha value is -1.94. The van der Waals surface area contributed by atoms with Crippen molar-refractivity contribution < 1.29 is 80.2 Å². The second kappa shape index (κ2) is 72.6. The molecule has 100 heavy (non-hydrogen) atoms. The standard InChI is InChI=1S/C81H158O17P2/c1-7-11-13-15-17-19-21-33-39-45-51-57-63-78(83)91-69-76(97-80(85)65-59-53-47-41-34-22-20-18-16-14-12-8-2)71-95-99(87,88)93-67-75(82)68-94-100(89,90)96-72-77(98-81(86)66-60-54-48-42-36-30-26-24-28-32-38-44-50-56-62-74(6)10-4)70-92-79(84)64-58-52-46-40-35-29-25-23-27-31-37-43-49-55-61-73(5)9-3/h73-77,82H,7-72H2,1-6H3,(H,87,88)(H,89,90)/t73?,74?,75-,76+,77+/m0/s1. The summed E-state index contributed by atoms with van der Waals surface area (Å²) in [5, 5.41) is 10.6. The normalized spacial score (nSPS) is 14.4. The number of aliphatic hydroxyl groups is 1. The highest BCUT2D eigenvalue weighted by molar-refractivity contribution is 7.47. The van der Waals surface area contributed by atoms with Crippen LogP contribution in [-0.4, -0.2) is 96.7 Å². The summed E-state index contributed by atoms with van der Waals surface area (Å²) in [5.74, 6) is -0.410. The minimum absolute atomic E-state index is 0.108. The van der Waals surface area contributed by atoms with E-state index in [1.165, 1.54) is 244 Å². The van der Waals surface area contributed by atoms with Gasteiger partial charge in [-0.2, -0.15) is 0 Å². The van der Waals surface area contributed by atoms with E-state index in [-0.39, 0.29) is 25.7 Å². The summed E-state index contributed by atoms with van der Waals surface area (Å²) in [6.07, 6.45) is 62.1. The van der Waals surface area contributed by atoms with Crippen LogP contribution >= 0.6 is 15.6 Å². The fourth-order valence-electron chi connectivity index (χ4n) is 12.5. The Morgan fingerprint density at radius 2 is 0.480 bits per heavy atom. The number of unbranched alkanes of at least 4 members (excludes halogenated alkanes) is 48. The second-order valence-corrected chi connectivity index (χ2v) is 32.6. The maximum Gasteiger partial charge on any atom is 0.472 e. The lowest BCUT2D eigenvalue weighted by Crippen LogP contribution is -2.30. The number of carbonyl (C=O) groups excluding carboxylic acids is 4. The van der Waals surface area contributed by atoms with Gasteiger partial charge in [0.25, 0.3) is 0 Å². The van der Waals surface area contributed by atoms with E-state index >= 15 is 0 Å². The molecule has 0 aromatic carbocycles. The number of phosphoric acid groups is 2. The van der Waals surface area contributed by atoms with Crippen LogP contribution in [0.1, 0.15) is 427 Å². The van der Waals surface area contributed by atoms with E-state index in [9.17, 15) is 43.2 Å². The van der Waals surface area contributed by atoms with Gasteiger partial charge >= 0.3 is 39.5 Å². The first-order valence-corrected chi connectivity index (χ1v) is 45.1. The molecule has 0 aromatic rings. The van der Waals surface area contributed by atoms with E-state index in [0.717, 1.165) is 102 Å². The van der Waals surface area contributed by atoms with E-state index in [1.54, 1.807) is 0 Å². The molecule has 0 saturated heterocycles. The van der Waals surface area contributed by atoms with Crippen molar-refractivity contribution in [3.05, 3.63) is 0 Å². The van der Waals surface area contributed by atoms with Gasteiger partial charge in [0.15, 0.2) is 12.2 Å². The van der Waals surface area contributed by atoms with Crippen LogP contribution in [0, 0.1) is 11.8 Å². The smallest absolute Gasteiger partial charge is 0.462 e. The molecular weight excluding hydrogens is 1310 g/mol. The minimum Gasteiger partial charge on any atom is -0.462 e. The van der Waals surface area contributed by atoms with Crippen LogP contribution in [0.25, 0.3) is 0 Å². The third-order valence-corrected chi connectivity index (χ3v) is 21.6. The summed E-state index contributed by atoms with van der Waals surface area (Å²) in [7, 11) is -9.92. The molecule has 19 heteroatoms. The van der Waals surface area contributed by atoms with Crippen LogP contribution in [0.3, 0.4) is 0 Å². The summed E-state index contributed by atoms with van der Waals surface area (Å²) in [4.78, 5) is 73.0. The molecule has 7 atom stereocenters. The van der Waals surface area contributed by atoms with Gasteiger partial charge in [-0.25, -0.2) is 9.13 Å². The van der Waals surface area contributed by atoms with Crippen LogP contribution in [0.15, 0.2) is 0 Å². The number of rotatable bonds is 80. The number of phosphoric ester groups is 2. The van der Waals surface area contributed by atoms with Crippen molar-refractivity contribution in [1.82, 2.24) is 0 Å². The molecule has 0 aliphatic rings. The molecule has 0 saturated carbocycles. The van der Waals surface area contributed by atoms with Gasteiger partial charge in [0.1, 0.15) is 19.3 Å². The highest BCUT2D eigenvalue weighted by Gasteiger charge is 2.30. The zero-order chi connectivity index (χ0) is 73.5. The number of ether oxygens (including phenoxy) is 4. The minimum atomic E-state index is -4.96. The Bertz CT molecular complexity index is 1930. The van der Waals surface area contributed by atoms with Crippen molar-refractivity contribution >= 4 is 39.5 Å². The maximum atomic E-state index is 13.1. The molecule has 594 valence electrons. The Morgan fingerprint density at radius 3 is 0.710 bits per heavy atom. The van der Waals surface area contributed by atoms with E-state index in [2.05, 4.69) is 41.5 Å². The third kappa shape index (κ3) is 71.7. The number of hydrogen-bond acceptors (Lipinski definition) is 15. The molecule has 0 bridgehead atoms. The average Bonchev–Trinajstić information content (AvgIpc) is 1.07. The van der Waals surface area contributed by atoms with Gasteiger partial charge in [-0.1, -0.05) is 375 Å². The van der Waals surface area contributed by atoms with E-state index in [4.69, 9.17) is 37.0 Å². The molecular formula is C81H158O17P2. The fraction of sp³-hybridized carbons (Fsp3) is 0.951.